The number of hydrogen-bond donors (Lipinski definition) is 2. The average Bonchev–Trinajstić information content (AvgIpc) is 2.29. The van der Waals surface area contributed by atoms with Crippen molar-refractivity contribution in [1.82, 2.24) is 10.3 Å². The first-order chi connectivity index (χ1) is 8.00. The number of carbonyl (C=O) groups is 1. The fourth-order valence-electron chi connectivity index (χ4n) is 1.45. The van der Waals surface area contributed by atoms with E-state index in [1.165, 1.54) is 0 Å². The summed E-state index contributed by atoms with van der Waals surface area (Å²) in [6.07, 6.45) is 1.29. The monoisotopic (exact) mass is 300 g/mol. The molecule has 1 aromatic rings. The summed E-state index contributed by atoms with van der Waals surface area (Å²) in [5.74, 6) is -0.218. The fourth-order valence-corrected chi connectivity index (χ4v) is 1.79. The van der Waals surface area contributed by atoms with Crippen LogP contribution in [0.5, 0.6) is 0 Å². The lowest BCUT2D eigenvalue weighted by Crippen LogP contribution is -2.46. The van der Waals surface area contributed by atoms with Crippen molar-refractivity contribution in [1.29, 1.82) is 0 Å². The van der Waals surface area contributed by atoms with Gasteiger partial charge in [-0.25, -0.2) is 4.98 Å². The third-order valence-electron chi connectivity index (χ3n) is 2.81. The topological polar surface area (TPSA) is 62.2 Å². The maximum atomic E-state index is 12.0. The summed E-state index contributed by atoms with van der Waals surface area (Å²) in [6.45, 7) is 3.94. The largest absolute Gasteiger partial charge is 0.396 e. The van der Waals surface area contributed by atoms with Gasteiger partial charge < -0.3 is 10.4 Å². The molecule has 0 saturated heterocycles. The summed E-state index contributed by atoms with van der Waals surface area (Å²) in [4.78, 5) is 16.1. The molecule has 0 aliphatic rings. The van der Waals surface area contributed by atoms with E-state index in [9.17, 15) is 4.79 Å². The van der Waals surface area contributed by atoms with Crippen molar-refractivity contribution in [2.75, 3.05) is 6.61 Å². The highest BCUT2D eigenvalue weighted by atomic mass is 79.9. The lowest BCUT2D eigenvalue weighted by atomic mass is 9.94. The molecule has 0 aliphatic carbocycles. The maximum absolute atomic E-state index is 12.0. The highest BCUT2D eigenvalue weighted by Gasteiger charge is 2.24. The van der Waals surface area contributed by atoms with E-state index in [4.69, 9.17) is 5.11 Å². The lowest BCUT2D eigenvalue weighted by Gasteiger charge is -2.28. The minimum Gasteiger partial charge on any atom is -0.396 e. The summed E-state index contributed by atoms with van der Waals surface area (Å²) in [5.41, 5.74) is -0.0208. The zero-order valence-corrected chi connectivity index (χ0v) is 11.6. The average molecular weight is 301 g/mol. The molecular formula is C12H17BrN2O2. The van der Waals surface area contributed by atoms with E-state index in [0.717, 1.165) is 6.42 Å². The van der Waals surface area contributed by atoms with Crippen molar-refractivity contribution in [2.24, 2.45) is 0 Å². The summed E-state index contributed by atoms with van der Waals surface area (Å²) in [6, 6.07) is 5.19. The lowest BCUT2D eigenvalue weighted by molar-refractivity contribution is 0.0881. The number of rotatable bonds is 5. The predicted molar refractivity (Wildman–Crippen MR) is 69.8 cm³/mol. The summed E-state index contributed by atoms with van der Waals surface area (Å²) in [7, 11) is 0. The molecule has 0 radical (unpaired) electrons. The molecule has 1 heterocycles. The van der Waals surface area contributed by atoms with E-state index in [2.05, 4.69) is 26.2 Å². The number of pyridine rings is 1. The van der Waals surface area contributed by atoms with Crippen molar-refractivity contribution >= 4 is 21.8 Å². The van der Waals surface area contributed by atoms with E-state index in [1.807, 2.05) is 13.8 Å². The first-order valence-electron chi connectivity index (χ1n) is 5.56. The number of nitrogens with zero attached hydrogens (tertiary/aromatic N) is 1. The van der Waals surface area contributed by atoms with Crippen LogP contribution in [0, 0.1) is 0 Å². The molecule has 0 bridgehead atoms. The van der Waals surface area contributed by atoms with Gasteiger partial charge in [-0.15, -0.1) is 0 Å². The van der Waals surface area contributed by atoms with Gasteiger partial charge in [-0.3, -0.25) is 4.79 Å². The van der Waals surface area contributed by atoms with Gasteiger partial charge in [0.1, 0.15) is 10.3 Å². The Morgan fingerprint density at radius 3 is 2.82 bits per heavy atom. The SMILES string of the molecule is CCC(C)(CCO)NC(=O)c1cccc(Br)n1. The number of carbonyl (C=O) groups excluding carboxylic acids is 1. The Balaban J connectivity index is 2.77. The van der Waals surface area contributed by atoms with Crippen LogP contribution in [0.4, 0.5) is 0 Å². The minimum atomic E-state index is -0.393. The zero-order valence-electron chi connectivity index (χ0n) is 10.0. The second-order valence-electron chi connectivity index (χ2n) is 4.19. The van der Waals surface area contributed by atoms with Gasteiger partial charge in [-0.1, -0.05) is 13.0 Å². The zero-order chi connectivity index (χ0) is 12.9. The molecule has 5 heteroatoms. The Kier molecular flexibility index (Phi) is 5.08. The van der Waals surface area contributed by atoms with E-state index >= 15 is 0 Å². The van der Waals surface area contributed by atoms with Crippen LogP contribution in [0.25, 0.3) is 0 Å². The second-order valence-corrected chi connectivity index (χ2v) is 5.00. The number of nitrogens with one attached hydrogen (secondary N) is 1. The van der Waals surface area contributed by atoms with E-state index < -0.39 is 5.54 Å². The maximum Gasteiger partial charge on any atom is 0.270 e. The predicted octanol–water partition coefficient (Wildman–Crippen LogP) is 2.12. The molecule has 1 atom stereocenters. The Morgan fingerprint density at radius 1 is 1.59 bits per heavy atom. The van der Waals surface area contributed by atoms with Crippen molar-refractivity contribution in [3.8, 4) is 0 Å². The first kappa shape index (κ1) is 14.1. The molecule has 2 N–H and O–H groups in total. The van der Waals surface area contributed by atoms with Crippen LogP contribution >= 0.6 is 15.9 Å². The third-order valence-corrected chi connectivity index (χ3v) is 3.25. The second kappa shape index (κ2) is 6.12. The Hall–Kier alpha value is -0.940. The van der Waals surface area contributed by atoms with Gasteiger partial charge in [0.25, 0.3) is 5.91 Å². The molecule has 0 spiro atoms. The number of aliphatic hydroxyl groups excluding tert-OH is 1. The number of hydrogen-bond acceptors (Lipinski definition) is 3. The van der Waals surface area contributed by atoms with E-state index in [0.29, 0.717) is 16.7 Å². The van der Waals surface area contributed by atoms with Crippen molar-refractivity contribution in [3.05, 3.63) is 28.5 Å². The van der Waals surface area contributed by atoms with Gasteiger partial charge >= 0.3 is 0 Å². The van der Waals surface area contributed by atoms with Gasteiger partial charge in [0.05, 0.1) is 0 Å². The molecule has 1 amide bonds. The number of amides is 1. The standard InChI is InChI=1S/C12H17BrN2O2/c1-3-12(2,7-8-16)15-11(17)9-5-4-6-10(13)14-9/h4-6,16H,3,7-8H2,1-2H3,(H,15,17). The molecule has 17 heavy (non-hydrogen) atoms. The Bertz CT molecular complexity index is 398. The van der Waals surface area contributed by atoms with Gasteiger partial charge in [0, 0.05) is 12.1 Å². The molecule has 0 saturated carbocycles. The molecule has 4 nitrogen and oxygen atoms in total. The van der Waals surface area contributed by atoms with Crippen molar-refractivity contribution in [3.63, 3.8) is 0 Å². The first-order valence-corrected chi connectivity index (χ1v) is 6.36. The van der Waals surface area contributed by atoms with Gasteiger partial charge in [0.2, 0.25) is 0 Å². The van der Waals surface area contributed by atoms with Crippen LogP contribution in [-0.4, -0.2) is 28.1 Å². The Morgan fingerprint density at radius 2 is 2.29 bits per heavy atom. The van der Waals surface area contributed by atoms with Crippen LogP contribution in [0.2, 0.25) is 0 Å². The highest BCUT2D eigenvalue weighted by molar-refractivity contribution is 9.10. The van der Waals surface area contributed by atoms with Crippen LogP contribution < -0.4 is 5.32 Å². The van der Waals surface area contributed by atoms with Crippen molar-refractivity contribution in [2.45, 2.75) is 32.2 Å². The summed E-state index contributed by atoms with van der Waals surface area (Å²) in [5, 5.41) is 11.9. The Labute approximate surface area is 110 Å². The van der Waals surface area contributed by atoms with E-state index in [1.54, 1.807) is 18.2 Å². The van der Waals surface area contributed by atoms with Gasteiger partial charge in [0.15, 0.2) is 0 Å². The molecule has 1 rings (SSSR count). The summed E-state index contributed by atoms with van der Waals surface area (Å²) < 4.78 is 0.630. The molecule has 0 aromatic carbocycles. The minimum absolute atomic E-state index is 0.0521. The molecular weight excluding hydrogens is 284 g/mol. The van der Waals surface area contributed by atoms with Crippen molar-refractivity contribution < 1.29 is 9.90 Å². The molecule has 1 unspecified atom stereocenters. The third kappa shape index (κ3) is 4.09. The molecule has 0 aliphatic heterocycles. The smallest absolute Gasteiger partial charge is 0.270 e. The normalized spacial score (nSPS) is 14.1. The van der Waals surface area contributed by atoms with E-state index in [-0.39, 0.29) is 12.5 Å². The van der Waals surface area contributed by atoms with Gasteiger partial charge in [-0.2, -0.15) is 0 Å². The number of aliphatic hydroxyl groups is 1. The molecule has 94 valence electrons. The van der Waals surface area contributed by atoms with Gasteiger partial charge in [-0.05, 0) is 47.8 Å². The van der Waals surface area contributed by atoms with Crippen LogP contribution in [0.15, 0.2) is 22.8 Å². The highest BCUT2D eigenvalue weighted by Crippen LogP contribution is 2.15. The number of halogens is 1. The molecule has 0 fully saturated rings. The molecule has 1 aromatic heterocycles. The van der Waals surface area contributed by atoms with Crippen LogP contribution in [0.3, 0.4) is 0 Å². The quantitative estimate of drug-likeness (QED) is 0.819. The van der Waals surface area contributed by atoms with Crippen LogP contribution in [-0.2, 0) is 0 Å². The number of aromatic nitrogens is 1. The fraction of sp³-hybridized carbons (Fsp3) is 0.500. The summed E-state index contributed by atoms with van der Waals surface area (Å²) >= 11 is 3.23. The van der Waals surface area contributed by atoms with Crippen LogP contribution in [0.1, 0.15) is 37.2 Å².